The number of amides is 2. The minimum Gasteiger partial charge on any atom is -0.348 e. The number of rotatable bonds is 5. The van der Waals surface area contributed by atoms with Gasteiger partial charge in [-0.2, -0.15) is 0 Å². The Labute approximate surface area is 161 Å². The average molecular weight is 391 g/mol. The van der Waals surface area contributed by atoms with Crippen LogP contribution in [0.1, 0.15) is 10.4 Å². The van der Waals surface area contributed by atoms with Gasteiger partial charge >= 0.3 is 0 Å². The fourth-order valence-corrected chi connectivity index (χ4v) is 4.40. The second-order valence-corrected chi connectivity index (χ2v) is 8.06. The number of carbonyl (C=O) groups is 2. The smallest absolute Gasteiger partial charge is 0.255 e. The normalized spacial score (nSPS) is 14.4. The van der Waals surface area contributed by atoms with Crippen LogP contribution in [0, 0.1) is 0 Å². The number of nitrogens with zero attached hydrogens (tertiary/aromatic N) is 4. The number of thioether (sulfide) groups is 1. The Bertz CT molecular complexity index is 756. The Balaban J connectivity index is 1.64. The van der Waals surface area contributed by atoms with Gasteiger partial charge in [0.15, 0.2) is 5.13 Å². The second kappa shape index (κ2) is 8.55. The van der Waals surface area contributed by atoms with Crippen LogP contribution in [0.3, 0.4) is 0 Å². The van der Waals surface area contributed by atoms with E-state index in [4.69, 9.17) is 0 Å². The van der Waals surface area contributed by atoms with Crippen LogP contribution in [0.15, 0.2) is 40.7 Å². The van der Waals surface area contributed by atoms with Crippen molar-refractivity contribution >= 4 is 40.0 Å². The molecule has 8 heteroatoms. The van der Waals surface area contributed by atoms with Crippen LogP contribution in [-0.2, 0) is 4.79 Å². The van der Waals surface area contributed by atoms with E-state index in [2.05, 4.69) is 9.88 Å². The molecule has 0 spiro atoms. The molecule has 1 aromatic carbocycles. The Kier molecular flexibility index (Phi) is 6.16. The fourth-order valence-electron chi connectivity index (χ4n) is 2.68. The summed E-state index contributed by atoms with van der Waals surface area (Å²) >= 11 is 3.04. The molecule has 2 amide bonds. The van der Waals surface area contributed by atoms with Crippen LogP contribution < -0.4 is 4.90 Å². The summed E-state index contributed by atoms with van der Waals surface area (Å²) in [6, 6.07) is 7.53. The first-order valence-corrected chi connectivity index (χ1v) is 10.3. The quantitative estimate of drug-likeness (QED) is 0.733. The largest absolute Gasteiger partial charge is 0.348 e. The first-order chi connectivity index (χ1) is 12.6. The Hall–Kier alpha value is -2.06. The maximum Gasteiger partial charge on any atom is 0.255 e. The Morgan fingerprint density at radius 1 is 1.19 bits per heavy atom. The summed E-state index contributed by atoms with van der Waals surface area (Å²) in [5.74, 6) is 0.397. The fraction of sp³-hybridized carbons (Fsp3) is 0.389. The molecule has 0 N–H and O–H groups in total. The van der Waals surface area contributed by atoms with E-state index in [9.17, 15) is 9.59 Å². The van der Waals surface area contributed by atoms with E-state index in [0.29, 0.717) is 24.4 Å². The third kappa shape index (κ3) is 4.37. The van der Waals surface area contributed by atoms with Gasteiger partial charge in [0.2, 0.25) is 5.91 Å². The van der Waals surface area contributed by atoms with Crippen LogP contribution >= 0.6 is 23.1 Å². The zero-order valence-corrected chi connectivity index (χ0v) is 16.6. The van der Waals surface area contributed by atoms with E-state index < -0.39 is 0 Å². The van der Waals surface area contributed by atoms with Gasteiger partial charge in [-0.1, -0.05) is 12.1 Å². The van der Waals surface area contributed by atoms with Gasteiger partial charge in [0, 0.05) is 56.7 Å². The lowest BCUT2D eigenvalue weighted by atomic mass is 10.2. The molecule has 1 saturated heterocycles. The van der Waals surface area contributed by atoms with Gasteiger partial charge in [0.05, 0.1) is 11.3 Å². The maximum atomic E-state index is 13.0. The molecule has 0 bridgehead atoms. The first kappa shape index (κ1) is 18.7. The number of anilines is 1. The SMILES string of the molecule is CN(C)C(=O)CSc1ccccc1C(=O)N1CCN(c2nccs2)CC1. The summed E-state index contributed by atoms with van der Waals surface area (Å²) in [6.45, 7) is 2.92. The number of carbonyl (C=O) groups excluding carboxylic acids is 2. The van der Waals surface area contributed by atoms with Crippen molar-refractivity contribution in [3.63, 3.8) is 0 Å². The highest BCUT2D eigenvalue weighted by Crippen LogP contribution is 2.25. The standard InChI is InChI=1S/C18H22N4O2S2/c1-20(2)16(23)13-26-15-6-4-3-5-14(15)17(24)21-8-10-22(11-9-21)18-19-7-12-25-18/h3-7,12H,8-11,13H2,1-2H3. The van der Waals surface area contributed by atoms with E-state index in [1.165, 1.54) is 11.8 Å². The van der Waals surface area contributed by atoms with E-state index >= 15 is 0 Å². The monoisotopic (exact) mass is 390 g/mol. The molecular formula is C18H22N4O2S2. The summed E-state index contributed by atoms with van der Waals surface area (Å²) in [5.41, 5.74) is 0.673. The van der Waals surface area contributed by atoms with Gasteiger partial charge in [-0.15, -0.1) is 23.1 Å². The summed E-state index contributed by atoms with van der Waals surface area (Å²) in [6.07, 6.45) is 1.81. The molecule has 0 radical (unpaired) electrons. The molecule has 0 saturated carbocycles. The maximum absolute atomic E-state index is 13.0. The first-order valence-electron chi connectivity index (χ1n) is 8.42. The predicted octanol–water partition coefficient (Wildman–Crippen LogP) is 2.29. The molecule has 1 fully saturated rings. The molecule has 1 aliphatic heterocycles. The number of thiazole rings is 1. The van der Waals surface area contributed by atoms with Gasteiger partial charge < -0.3 is 14.7 Å². The van der Waals surface area contributed by atoms with E-state index in [0.717, 1.165) is 23.1 Å². The molecule has 2 heterocycles. The molecule has 2 aromatic rings. The molecule has 0 atom stereocenters. The molecule has 6 nitrogen and oxygen atoms in total. The number of aromatic nitrogens is 1. The molecule has 0 unspecified atom stereocenters. The Morgan fingerprint density at radius 2 is 1.92 bits per heavy atom. The van der Waals surface area contributed by atoms with Gasteiger partial charge in [-0.05, 0) is 12.1 Å². The zero-order valence-electron chi connectivity index (χ0n) is 14.9. The van der Waals surface area contributed by atoms with Gasteiger partial charge in [-0.3, -0.25) is 9.59 Å². The third-order valence-corrected chi connectivity index (χ3v) is 6.11. The lowest BCUT2D eigenvalue weighted by Gasteiger charge is -2.34. The van der Waals surface area contributed by atoms with Crippen molar-refractivity contribution in [3.8, 4) is 0 Å². The molecule has 1 aromatic heterocycles. The van der Waals surface area contributed by atoms with Crippen molar-refractivity contribution in [2.24, 2.45) is 0 Å². The van der Waals surface area contributed by atoms with Crippen molar-refractivity contribution in [2.75, 3.05) is 50.9 Å². The number of piperazine rings is 1. The summed E-state index contributed by atoms with van der Waals surface area (Å²) in [7, 11) is 3.48. The highest BCUT2D eigenvalue weighted by molar-refractivity contribution is 8.00. The molecule has 1 aliphatic rings. The minimum atomic E-state index is 0.0317. The van der Waals surface area contributed by atoms with Crippen molar-refractivity contribution in [1.82, 2.24) is 14.8 Å². The Morgan fingerprint density at radius 3 is 2.58 bits per heavy atom. The van der Waals surface area contributed by atoms with Crippen molar-refractivity contribution in [3.05, 3.63) is 41.4 Å². The summed E-state index contributed by atoms with van der Waals surface area (Å²) in [4.78, 5) is 35.7. The topological polar surface area (TPSA) is 56.8 Å². The van der Waals surface area contributed by atoms with Gasteiger partial charge in [-0.25, -0.2) is 4.98 Å². The summed E-state index contributed by atoms with van der Waals surface area (Å²) in [5, 5.41) is 2.98. The second-order valence-electron chi connectivity index (χ2n) is 6.17. The van der Waals surface area contributed by atoms with Crippen LogP contribution in [0.5, 0.6) is 0 Å². The lowest BCUT2D eigenvalue weighted by molar-refractivity contribution is -0.125. The van der Waals surface area contributed by atoms with E-state index in [1.54, 1.807) is 36.5 Å². The third-order valence-electron chi connectivity index (χ3n) is 4.22. The molecule has 0 aliphatic carbocycles. The number of hydrogen-bond donors (Lipinski definition) is 0. The molecular weight excluding hydrogens is 368 g/mol. The number of benzene rings is 1. The van der Waals surface area contributed by atoms with Gasteiger partial charge in [0.25, 0.3) is 5.91 Å². The van der Waals surface area contributed by atoms with Gasteiger partial charge in [0.1, 0.15) is 0 Å². The van der Waals surface area contributed by atoms with Crippen molar-refractivity contribution < 1.29 is 9.59 Å². The van der Waals surface area contributed by atoms with Crippen molar-refractivity contribution in [2.45, 2.75) is 4.90 Å². The molecule has 138 valence electrons. The lowest BCUT2D eigenvalue weighted by Crippen LogP contribution is -2.48. The highest BCUT2D eigenvalue weighted by atomic mass is 32.2. The number of hydrogen-bond acceptors (Lipinski definition) is 6. The predicted molar refractivity (Wildman–Crippen MR) is 106 cm³/mol. The average Bonchev–Trinajstić information content (AvgIpc) is 3.20. The van der Waals surface area contributed by atoms with Crippen LogP contribution in [0.25, 0.3) is 0 Å². The zero-order chi connectivity index (χ0) is 18.5. The van der Waals surface area contributed by atoms with E-state index in [1.807, 2.05) is 34.5 Å². The van der Waals surface area contributed by atoms with Crippen LogP contribution in [-0.4, -0.2) is 72.6 Å². The van der Waals surface area contributed by atoms with E-state index in [-0.39, 0.29) is 11.8 Å². The summed E-state index contributed by atoms with van der Waals surface area (Å²) < 4.78 is 0. The highest BCUT2D eigenvalue weighted by Gasteiger charge is 2.25. The minimum absolute atomic E-state index is 0.0317. The van der Waals surface area contributed by atoms with Crippen LogP contribution in [0.4, 0.5) is 5.13 Å². The molecule has 3 rings (SSSR count). The van der Waals surface area contributed by atoms with Crippen LogP contribution in [0.2, 0.25) is 0 Å². The van der Waals surface area contributed by atoms with Crippen molar-refractivity contribution in [1.29, 1.82) is 0 Å². The molecule has 26 heavy (non-hydrogen) atoms.